The zero-order valence-electron chi connectivity index (χ0n) is 16.5. The average Bonchev–Trinajstić information content (AvgIpc) is 2.54. The number of halogens is 2. The lowest BCUT2D eigenvalue weighted by Crippen LogP contribution is -2.32. The molecule has 0 saturated heterocycles. The summed E-state index contributed by atoms with van der Waals surface area (Å²) in [5.41, 5.74) is 1.05. The zero-order valence-corrected chi connectivity index (χ0v) is 18.8. The predicted octanol–water partition coefficient (Wildman–Crippen LogP) is 5.90. The van der Waals surface area contributed by atoms with Gasteiger partial charge in [-0.1, -0.05) is 64.7 Å². The summed E-state index contributed by atoms with van der Waals surface area (Å²) in [6, 6.07) is 0. The highest BCUT2D eigenvalue weighted by Crippen LogP contribution is 2.48. The molecule has 1 rings (SSSR count). The molecule has 0 saturated carbocycles. The van der Waals surface area contributed by atoms with Gasteiger partial charge in [-0.3, -0.25) is 4.98 Å². The summed E-state index contributed by atoms with van der Waals surface area (Å²) in [6.45, 7) is 15.0. The lowest BCUT2D eigenvalue weighted by atomic mass is 9.97. The number of pyridine rings is 1. The van der Waals surface area contributed by atoms with Gasteiger partial charge in [0, 0.05) is 31.0 Å². The lowest BCUT2D eigenvalue weighted by molar-refractivity contribution is 0.0860. The topological polar surface area (TPSA) is 34.1 Å². The van der Waals surface area contributed by atoms with E-state index < -0.39 is 10.0 Å². The second-order valence-corrected chi connectivity index (χ2v) is 12.8. The van der Waals surface area contributed by atoms with Crippen LogP contribution in [0.15, 0.2) is 12.4 Å². The fourth-order valence-electron chi connectivity index (χ4n) is 2.64. The largest absolute Gasteiger partial charge is 0.363 e. The molecule has 1 aromatic rings. The summed E-state index contributed by atoms with van der Waals surface area (Å²) in [5, 5.41) is 4.65. The van der Waals surface area contributed by atoms with Crippen LogP contribution in [0, 0.1) is 5.41 Å². The van der Waals surface area contributed by atoms with Crippen molar-refractivity contribution in [2.24, 2.45) is 5.41 Å². The number of hydrogen-bond acceptors (Lipinski definition) is 3. The summed E-state index contributed by atoms with van der Waals surface area (Å²) in [5.74, 6) is 4.33. The molecule has 0 fully saturated rings. The fourth-order valence-corrected chi connectivity index (χ4v) is 5.43. The normalized spacial score (nSPS) is 14.6. The summed E-state index contributed by atoms with van der Waals surface area (Å²) in [7, 11) is -0.744. The molecule has 3 nitrogen and oxygen atoms in total. The Bertz CT molecular complexity index is 502. The highest BCUT2D eigenvalue weighted by molar-refractivity contribution is 8.33. The summed E-state index contributed by atoms with van der Waals surface area (Å²) >= 11 is 12.8. The predicted molar refractivity (Wildman–Crippen MR) is 114 cm³/mol. The molecule has 0 aliphatic carbocycles. The quantitative estimate of drug-likeness (QED) is 0.522. The third kappa shape index (κ3) is 7.26. The molecule has 25 heavy (non-hydrogen) atoms. The van der Waals surface area contributed by atoms with E-state index in [1.165, 1.54) is 17.3 Å². The monoisotopic (exact) mass is 408 g/mol. The maximum Gasteiger partial charge on any atom is 0.0989 e. The molecule has 0 radical (unpaired) electrons. The summed E-state index contributed by atoms with van der Waals surface area (Å²) < 4.78 is 6.42. The molecule has 146 valence electrons. The maximum atomic E-state index is 6.42. The Labute approximate surface area is 165 Å². The summed E-state index contributed by atoms with van der Waals surface area (Å²) in [4.78, 5) is 4.07. The number of ether oxygens (including phenoxy) is 1. The van der Waals surface area contributed by atoms with E-state index in [4.69, 9.17) is 27.9 Å². The number of nitrogens with one attached hydrogen (secondary N) is 1. The average molecular weight is 409 g/mol. The van der Waals surface area contributed by atoms with Gasteiger partial charge in [0.25, 0.3) is 0 Å². The van der Waals surface area contributed by atoms with E-state index in [-0.39, 0.29) is 11.5 Å². The Balaban J connectivity index is 2.95. The summed E-state index contributed by atoms with van der Waals surface area (Å²) in [6.07, 6.45) is 3.12. The van der Waals surface area contributed by atoms with E-state index in [2.05, 4.69) is 51.8 Å². The minimum atomic E-state index is -0.744. The van der Waals surface area contributed by atoms with Crippen LogP contribution in [0.2, 0.25) is 10.0 Å². The first-order valence-electron chi connectivity index (χ1n) is 9.03. The smallest absolute Gasteiger partial charge is 0.0989 e. The Kier molecular flexibility index (Phi) is 9.55. The van der Waals surface area contributed by atoms with Crippen molar-refractivity contribution in [2.45, 2.75) is 47.6 Å². The second-order valence-electron chi connectivity index (χ2n) is 7.57. The van der Waals surface area contributed by atoms with Crippen molar-refractivity contribution in [1.82, 2.24) is 10.3 Å². The maximum absolute atomic E-state index is 6.42. The molecule has 1 heterocycles. The van der Waals surface area contributed by atoms with Gasteiger partial charge in [-0.25, -0.2) is 10.0 Å². The molecule has 0 bridgehead atoms. The Hall–Kier alpha value is -0.0000000000000000555. The van der Waals surface area contributed by atoms with Gasteiger partial charge in [0.15, 0.2) is 0 Å². The van der Waals surface area contributed by atoms with Crippen LogP contribution in [-0.2, 0) is 4.74 Å². The van der Waals surface area contributed by atoms with Gasteiger partial charge in [-0.05, 0) is 22.7 Å². The van der Waals surface area contributed by atoms with Crippen LogP contribution in [0.25, 0.3) is 0 Å². The molecule has 1 atom stereocenters. The first-order chi connectivity index (χ1) is 11.7. The van der Waals surface area contributed by atoms with Crippen LogP contribution in [0.4, 0.5) is 0 Å². The third-order valence-corrected chi connectivity index (χ3v) is 9.47. The van der Waals surface area contributed by atoms with Gasteiger partial charge in [-0.15, -0.1) is 0 Å². The molecular formula is C19H34Cl2N2OS. The Morgan fingerprint density at radius 2 is 1.60 bits per heavy atom. The van der Waals surface area contributed by atoms with Crippen molar-refractivity contribution in [3.05, 3.63) is 28.0 Å². The SMILES string of the molecule is CCS(CC)(CC)COC(CNCC(C)(C)C)c1c(Cl)cncc1Cl. The molecule has 1 aromatic heterocycles. The first-order valence-corrected chi connectivity index (χ1v) is 12.1. The zero-order chi connectivity index (χ0) is 19.1. The Morgan fingerprint density at radius 3 is 2.04 bits per heavy atom. The van der Waals surface area contributed by atoms with Crippen molar-refractivity contribution in [2.75, 3.05) is 36.3 Å². The lowest BCUT2D eigenvalue weighted by Gasteiger charge is -2.38. The van der Waals surface area contributed by atoms with Crippen molar-refractivity contribution in [1.29, 1.82) is 0 Å². The van der Waals surface area contributed by atoms with Crippen LogP contribution in [0.3, 0.4) is 0 Å². The van der Waals surface area contributed by atoms with Crippen molar-refractivity contribution >= 4 is 33.2 Å². The van der Waals surface area contributed by atoms with Crippen LogP contribution >= 0.6 is 33.2 Å². The first kappa shape index (κ1) is 23.0. The van der Waals surface area contributed by atoms with Gasteiger partial charge in [0.05, 0.1) is 22.1 Å². The number of rotatable bonds is 10. The van der Waals surface area contributed by atoms with Gasteiger partial charge >= 0.3 is 0 Å². The van der Waals surface area contributed by atoms with E-state index in [1.54, 1.807) is 12.4 Å². The van der Waals surface area contributed by atoms with Gasteiger partial charge in [0.1, 0.15) is 0 Å². The molecule has 6 heteroatoms. The van der Waals surface area contributed by atoms with Gasteiger partial charge < -0.3 is 10.1 Å². The number of hydrogen-bond donors (Lipinski definition) is 1. The van der Waals surface area contributed by atoms with Crippen molar-refractivity contribution in [3.63, 3.8) is 0 Å². The minimum absolute atomic E-state index is 0.165. The molecular weight excluding hydrogens is 375 g/mol. The van der Waals surface area contributed by atoms with E-state index in [9.17, 15) is 0 Å². The molecule has 1 N–H and O–H groups in total. The van der Waals surface area contributed by atoms with Gasteiger partial charge in [-0.2, -0.15) is 0 Å². The van der Waals surface area contributed by atoms with Crippen LogP contribution in [0.1, 0.15) is 53.2 Å². The van der Waals surface area contributed by atoms with Crippen LogP contribution < -0.4 is 5.32 Å². The van der Waals surface area contributed by atoms with Crippen LogP contribution in [0.5, 0.6) is 0 Å². The van der Waals surface area contributed by atoms with Crippen LogP contribution in [-0.4, -0.2) is 41.3 Å². The van der Waals surface area contributed by atoms with Crippen molar-refractivity contribution < 1.29 is 4.74 Å². The molecule has 0 spiro atoms. The van der Waals surface area contributed by atoms with E-state index in [0.29, 0.717) is 16.6 Å². The second kappa shape index (κ2) is 10.4. The standard InChI is InChI=1S/C19H34Cl2N2OS/c1-7-25(8-2,9-3)14-24-17(12-23-13-19(4,5)6)18-15(20)10-22-11-16(18)21/h10-11,17,23H,7-9,12-14H2,1-6H3. The number of aromatic nitrogens is 1. The van der Waals surface area contributed by atoms with E-state index in [0.717, 1.165) is 18.0 Å². The highest BCUT2D eigenvalue weighted by Gasteiger charge is 2.24. The molecule has 1 unspecified atom stereocenters. The Morgan fingerprint density at radius 1 is 1.08 bits per heavy atom. The highest BCUT2D eigenvalue weighted by atomic mass is 35.5. The number of nitrogens with zero attached hydrogens (tertiary/aromatic N) is 1. The third-order valence-electron chi connectivity index (χ3n) is 4.55. The van der Waals surface area contributed by atoms with Crippen molar-refractivity contribution in [3.8, 4) is 0 Å². The van der Waals surface area contributed by atoms with E-state index >= 15 is 0 Å². The van der Waals surface area contributed by atoms with Gasteiger partial charge in [0.2, 0.25) is 0 Å². The minimum Gasteiger partial charge on any atom is -0.363 e. The fraction of sp³-hybridized carbons (Fsp3) is 0.737. The molecule has 0 aliphatic heterocycles. The molecule has 0 amide bonds. The molecule has 0 aliphatic rings. The molecule has 0 aromatic carbocycles. The van der Waals surface area contributed by atoms with E-state index in [1.807, 2.05) is 0 Å².